The third kappa shape index (κ3) is 8.64. The molecule has 0 saturated heterocycles. The first kappa shape index (κ1) is 32.8. The van der Waals surface area contributed by atoms with Crippen LogP contribution in [0.4, 0.5) is 5.69 Å². The van der Waals surface area contributed by atoms with E-state index in [1.165, 1.54) is 28.8 Å². The maximum absolute atomic E-state index is 14.0. The summed E-state index contributed by atoms with van der Waals surface area (Å²) in [6.45, 7) is 7.41. The van der Waals surface area contributed by atoms with Crippen LogP contribution in [0.15, 0.2) is 76.5 Å². The van der Waals surface area contributed by atoms with Gasteiger partial charge in [-0.15, -0.1) is 11.8 Å². The number of aryl methyl sites for hydroxylation is 1. The summed E-state index contributed by atoms with van der Waals surface area (Å²) in [6.07, 6.45) is 1.90. The average molecular weight is 637 g/mol. The molecule has 0 spiro atoms. The number of sulfonamides is 1. The van der Waals surface area contributed by atoms with E-state index in [-0.39, 0.29) is 23.3 Å². The largest absolute Gasteiger partial charge is 0.354 e. The van der Waals surface area contributed by atoms with E-state index in [1.54, 1.807) is 61.5 Å². The summed E-state index contributed by atoms with van der Waals surface area (Å²) < 4.78 is 29.0. The predicted molar refractivity (Wildman–Crippen MR) is 168 cm³/mol. The minimum Gasteiger partial charge on any atom is -0.354 e. The van der Waals surface area contributed by atoms with Crippen molar-refractivity contribution in [2.24, 2.45) is 5.92 Å². The van der Waals surface area contributed by atoms with Gasteiger partial charge in [0.1, 0.15) is 12.6 Å². The van der Waals surface area contributed by atoms with Crippen molar-refractivity contribution in [3.63, 3.8) is 0 Å². The zero-order valence-corrected chi connectivity index (χ0v) is 26.9. The predicted octanol–water partition coefficient (Wildman–Crippen LogP) is 6.41. The normalized spacial score (nSPS) is 12.2. The van der Waals surface area contributed by atoms with Gasteiger partial charge in [0.15, 0.2) is 0 Å². The van der Waals surface area contributed by atoms with Crippen LogP contribution in [0.1, 0.15) is 31.9 Å². The second kappa shape index (κ2) is 14.4. The van der Waals surface area contributed by atoms with Crippen LogP contribution in [0, 0.1) is 12.8 Å². The molecule has 0 heterocycles. The lowest BCUT2D eigenvalue weighted by atomic mass is 10.1. The smallest absolute Gasteiger partial charge is 0.264 e. The van der Waals surface area contributed by atoms with Crippen LogP contribution in [0.2, 0.25) is 10.0 Å². The molecule has 3 rings (SSSR count). The number of amides is 2. The Morgan fingerprint density at radius 1 is 0.927 bits per heavy atom. The summed E-state index contributed by atoms with van der Waals surface area (Å²) >= 11 is 13.8. The maximum atomic E-state index is 14.0. The molecule has 2 amide bonds. The van der Waals surface area contributed by atoms with E-state index < -0.39 is 28.5 Å². The van der Waals surface area contributed by atoms with Gasteiger partial charge in [-0.2, -0.15) is 0 Å². The molecular formula is C30H35Cl2N3O4S2. The Balaban J connectivity index is 2.02. The molecule has 0 aliphatic carbocycles. The Morgan fingerprint density at radius 3 is 2.12 bits per heavy atom. The zero-order chi connectivity index (χ0) is 30.3. The summed E-state index contributed by atoms with van der Waals surface area (Å²) in [4.78, 5) is 29.4. The Hall–Kier alpha value is -2.72. The second-order valence-electron chi connectivity index (χ2n) is 10.1. The van der Waals surface area contributed by atoms with Gasteiger partial charge in [0.2, 0.25) is 11.8 Å². The van der Waals surface area contributed by atoms with E-state index in [9.17, 15) is 18.0 Å². The van der Waals surface area contributed by atoms with Gasteiger partial charge in [-0.3, -0.25) is 13.9 Å². The number of thioether (sulfide) groups is 1. The third-order valence-electron chi connectivity index (χ3n) is 6.44. The van der Waals surface area contributed by atoms with Crippen molar-refractivity contribution in [2.75, 3.05) is 23.7 Å². The van der Waals surface area contributed by atoms with Crippen molar-refractivity contribution in [2.45, 2.75) is 50.1 Å². The van der Waals surface area contributed by atoms with Gasteiger partial charge < -0.3 is 10.2 Å². The lowest BCUT2D eigenvalue weighted by Gasteiger charge is -2.32. The molecule has 11 heteroatoms. The number of hydrogen-bond acceptors (Lipinski definition) is 5. The highest BCUT2D eigenvalue weighted by molar-refractivity contribution is 7.98. The van der Waals surface area contributed by atoms with Gasteiger partial charge in [0.05, 0.1) is 20.6 Å². The van der Waals surface area contributed by atoms with Crippen LogP contribution in [0.5, 0.6) is 0 Å². The lowest BCUT2D eigenvalue weighted by Crippen LogP contribution is -2.51. The molecule has 41 heavy (non-hydrogen) atoms. The fourth-order valence-electron chi connectivity index (χ4n) is 3.98. The first-order valence-corrected chi connectivity index (χ1v) is 16.5. The molecule has 220 valence electrons. The summed E-state index contributed by atoms with van der Waals surface area (Å²) in [5.41, 5.74) is 1.93. The summed E-state index contributed by atoms with van der Waals surface area (Å²) in [5, 5.41) is 3.54. The van der Waals surface area contributed by atoms with Crippen molar-refractivity contribution in [3.8, 4) is 0 Å². The molecule has 1 atom stereocenters. The number of hydrogen-bond donors (Lipinski definition) is 1. The van der Waals surface area contributed by atoms with Crippen LogP contribution in [-0.2, 0) is 26.2 Å². The van der Waals surface area contributed by atoms with E-state index in [1.807, 2.05) is 27.0 Å². The highest BCUT2D eigenvalue weighted by Gasteiger charge is 2.32. The highest BCUT2D eigenvalue weighted by atomic mass is 35.5. The van der Waals surface area contributed by atoms with Crippen LogP contribution in [0.3, 0.4) is 0 Å². The number of rotatable bonds is 12. The molecule has 0 aliphatic rings. The number of carbonyl (C=O) groups excluding carboxylic acids is 2. The van der Waals surface area contributed by atoms with E-state index in [0.717, 1.165) is 14.8 Å². The van der Waals surface area contributed by atoms with E-state index in [4.69, 9.17) is 23.2 Å². The fraction of sp³-hybridized carbons (Fsp3) is 0.333. The van der Waals surface area contributed by atoms with Crippen molar-refractivity contribution in [1.82, 2.24) is 10.2 Å². The Bertz CT molecular complexity index is 1460. The van der Waals surface area contributed by atoms with Crippen LogP contribution >= 0.6 is 35.0 Å². The number of anilines is 1. The SMILES string of the molecule is CSc1ccc(S(=O)(=O)N(CC(=O)N(Cc2ccc(Cl)c(Cl)c2)[C@H](C)C(=O)NCC(C)C)c2ccc(C)cc2)cc1. The van der Waals surface area contributed by atoms with E-state index >= 15 is 0 Å². The summed E-state index contributed by atoms with van der Waals surface area (Å²) in [7, 11) is -4.14. The first-order valence-electron chi connectivity index (χ1n) is 13.1. The average Bonchev–Trinajstić information content (AvgIpc) is 2.95. The molecule has 0 unspecified atom stereocenters. The molecule has 7 nitrogen and oxygen atoms in total. The number of benzene rings is 3. The maximum Gasteiger partial charge on any atom is 0.264 e. The highest BCUT2D eigenvalue weighted by Crippen LogP contribution is 2.27. The molecule has 0 saturated carbocycles. The fourth-order valence-corrected chi connectivity index (χ4v) is 6.13. The first-order chi connectivity index (χ1) is 19.3. The Labute approximate surface area is 257 Å². The van der Waals surface area contributed by atoms with Crippen molar-refractivity contribution in [3.05, 3.63) is 87.9 Å². The quantitative estimate of drug-likeness (QED) is 0.232. The van der Waals surface area contributed by atoms with Crippen molar-refractivity contribution >= 4 is 62.5 Å². The standard InChI is InChI=1S/C30H35Cl2N3O4S2/c1-20(2)17-33-30(37)22(4)34(18-23-8-15-27(31)28(32)16-23)29(36)19-35(24-9-6-21(3)7-10-24)41(38,39)26-13-11-25(40-5)12-14-26/h6-16,20,22H,17-19H2,1-5H3,(H,33,37)/t22-/m1/s1. The Morgan fingerprint density at radius 2 is 1.56 bits per heavy atom. The third-order valence-corrected chi connectivity index (χ3v) is 9.71. The summed E-state index contributed by atoms with van der Waals surface area (Å²) in [5.74, 6) is -0.678. The second-order valence-corrected chi connectivity index (χ2v) is 13.7. The molecule has 0 aromatic heterocycles. The van der Waals surface area contributed by atoms with E-state index in [2.05, 4.69) is 5.32 Å². The molecule has 0 fully saturated rings. The number of nitrogens with one attached hydrogen (secondary N) is 1. The topological polar surface area (TPSA) is 86.8 Å². The monoisotopic (exact) mass is 635 g/mol. The van der Waals surface area contributed by atoms with Crippen molar-refractivity contribution in [1.29, 1.82) is 0 Å². The van der Waals surface area contributed by atoms with Crippen LogP contribution < -0.4 is 9.62 Å². The van der Waals surface area contributed by atoms with E-state index in [0.29, 0.717) is 27.8 Å². The molecule has 0 bridgehead atoms. The lowest BCUT2D eigenvalue weighted by molar-refractivity contribution is -0.139. The van der Waals surface area contributed by atoms with Gasteiger partial charge in [-0.05, 0) is 80.1 Å². The minimum absolute atomic E-state index is 0.0240. The molecule has 1 N–H and O–H groups in total. The van der Waals surface area contributed by atoms with Gasteiger partial charge in [0, 0.05) is 18.0 Å². The van der Waals surface area contributed by atoms with Crippen molar-refractivity contribution < 1.29 is 18.0 Å². The van der Waals surface area contributed by atoms with Gasteiger partial charge >= 0.3 is 0 Å². The molecular weight excluding hydrogens is 601 g/mol. The van der Waals surface area contributed by atoms with Gasteiger partial charge in [-0.25, -0.2) is 8.42 Å². The van der Waals surface area contributed by atoms with Crippen LogP contribution in [0.25, 0.3) is 0 Å². The molecule has 3 aromatic carbocycles. The van der Waals surface area contributed by atoms with Gasteiger partial charge in [-0.1, -0.05) is 60.8 Å². The van der Waals surface area contributed by atoms with Crippen LogP contribution in [-0.4, -0.2) is 50.5 Å². The van der Waals surface area contributed by atoms with Gasteiger partial charge in [0.25, 0.3) is 10.0 Å². The number of halogens is 2. The Kier molecular flexibility index (Phi) is 11.6. The molecule has 0 radical (unpaired) electrons. The summed E-state index contributed by atoms with van der Waals surface area (Å²) in [6, 6.07) is 17.5. The molecule has 0 aliphatic heterocycles. The number of carbonyl (C=O) groups is 2. The molecule has 3 aromatic rings. The number of nitrogens with zero attached hydrogens (tertiary/aromatic N) is 2. The zero-order valence-electron chi connectivity index (χ0n) is 23.7. The minimum atomic E-state index is -4.14.